The van der Waals surface area contributed by atoms with Crippen LogP contribution in [0, 0.1) is 5.82 Å². The summed E-state index contributed by atoms with van der Waals surface area (Å²) in [5.74, 6) is -0.812. The van der Waals surface area contributed by atoms with Crippen molar-refractivity contribution in [3.05, 3.63) is 72.2 Å². The lowest BCUT2D eigenvalue weighted by Crippen LogP contribution is -2.13. The highest BCUT2D eigenvalue weighted by Gasteiger charge is 2.12. The lowest BCUT2D eigenvalue weighted by Gasteiger charge is -2.08. The molecule has 4 heteroatoms. The molecule has 20 heavy (non-hydrogen) atoms. The van der Waals surface area contributed by atoms with Crippen molar-refractivity contribution in [3.8, 4) is 0 Å². The zero-order chi connectivity index (χ0) is 13.9. The molecule has 1 N–H and O–H groups in total. The van der Waals surface area contributed by atoms with Gasteiger partial charge in [0.2, 0.25) is 0 Å². The summed E-state index contributed by atoms with van der Waals surface area (Å²) in [4.78, 5) is 16.5. The second-order valence-corrected chi connectivity index (χ2v) is 4.31. The number of para-hydroxylation sites is 1. The first-order valence-corrected chi connectivity index (χ1v) is 6.15. The van der Waals surface area contributed by atoms with Crippen LogP contribution >= 0.6 is 0 Å². The van der Waals surface area contributed by atoms with E-state index in [0.717, 1.165) is 10.9 Å². The lowest BCUT2D eigenvalue weighted by molar-refractivity contribution is 0.102. The van der Waals surface area contributed by atoms with Gasteiger partial charge in [0.25, 0.3) is 5.91 Å². The molecule has 0 radical (unpaired) electrons. The van der Waals surface area contributed by atoms with Crippen LogP contribution < -0.4 is 5.32 Å². The molecule has 0 fully saturated rings. The van der Waals surface area contributed by atoms with E-state index < -0.39 is 5.82 Å². The van der Waals surface area contributed by atoms with E-state index in [1.54, 1.807) is 36.5 Å². The maximum absolute atomic E-state index is 13.6. The zero-order valence-corrected chi connectivity index (χ0v) is 10.5. The van der Waals surface area contributed by atoms with Crippen LogP contribution in [-0.4, -0.2) is 10.9 Å². The third-order valence-electron chi connectivity index (χ3n) is 3.01. The van der Waals surface area contributed by atoms with Gasteiger partial charge in [-0.25, -0.2) is 4.39 Å². The molecule has 3 nitrogen and oxygen atoms in total. The summed E-state index contributed by atoms with van der Waals surface area (Å²) >= 11 is 0. The maximum atomic E-state index is 13.6. The fourth-order valence-corrected chi connectivity index (χ4v) is 2.05. The summed E-state index contributed by atoms with van der Waals surface area (Å²) in [5, 5.41) is 3.32. The van der Waals surface area contributed by atoms with Gasteiger partial charge in [0.05, 0.1) is 11.2 Å². The van der Waals surface area contributed by atoms with Crippen LogP contribution in [0.1, 0.15) is 10.4 Å². The summed E-state index contributed by atoms with van der Waals surface area (Å²) in [6, 6.07) is 14.9. The number of carbonyl (C=O) groups excluding carboxylic acids is 1. The number of amides is 1. The molecule has 0 saturated heterocycles. The number of aromatic nitrogens is 1. The van der Waals surface area contributed by atoms with Gasteiger partial charge in [0, 0.05) is 17.1 Å². The molecule has 0 spiro atoms. The molecule has 3 aromatic rings. The van der Waals surface area contributed by atoms with Gasteiger partial charge in [-0.3, -0.25) is 9.78 Å². The second-order valence-electron chi connectivity index (χ2n) is 4.31. The van der Waals surface area contributed by atoms with Crippen molar-refractivity contribution in [2.45, 2.75) is 0 Å². The van der Waals surface area contributed by atoms with Crippen LogP contribution in [0.15, 0.2) is 60.8 Å². The quantitative estimate of drug-likeness (QED) is 0.769. The Bertz CT molecular complexity index is 781. The maximum Gasteiger partial charge on any atom is 0.256 e. The predicted octanol–water partition coefficient (Wildman–Crippen LogP) is 3.63. The molecule has 1 aromatic heterocycles. The number of carbonyl (C=O) groups is 1. The standard InChI is InChI=1S/C16H11FN2O/c17-13-7-1-2-8-15(13)19-16(20)12-5-3-9-14-11(12)6-4-10-18-14/h1-10H,(H,19,20). The number of anilines is 1. The van der Waals surface area contributed by atoms with Crippen molar-refractivity contribution >= 4 is 22.5 Å². The van der Waals surface area contributed by atoms with E-state index in [4.69, 9.17) is 0 Å². The van der Waals surface area contributed by atoms with Crippen molar-refractivity contribution in [1.29, 1.82) is 0 Å². The summed E-state index contributed by atoms with van der Waals surface area (Å²) < 4.78 is 13.6. The molecular weight excluding hydrogens is 255 g/mol. The Kier molecular flexibility index (Phi) is 3.13. The van der Waals surface area contributed by atoms with E-state index in [1.165, 1.54) is 12.1 Å². The molecule has 0 unspecified atom stereocenters. The first kappa shape index (κ1) is 12.3. The van der Waals surface area contributed by atoms with Gasteiger partial charge in [0.1, 0.15) is 5.82 Å². The van der Waals surface area contributed by atoms with Gasteiger partial charge < -0.3 is 5.32 Å². The summed E-state index contributed by atoms with van der Waals surface area (Å²) in [6.07, 6.45) is 1.67. The van der Waals surface area contributed by atoms with Gasteiger partial charge >= 0.3 is 0 Å². The number of rotatable bonds is 2. The van der Waals surface area contributed by atoms with Crippen LogP contribution in [0.25, 0.3) is 10.9 Å². The monoisotopic (exact) mass is 266 g/mol. The van der Waals surface area contributed by atoms with Crippen LogP contribution in [-0.2, 0) is 0 Å². The topological polar surface area (TPSA) is 42.0 Å². The highest BCUT2D eigenvalue weighted by Crippen LogP contribution is 2.19. The number of hydrogen-bond donors (Lipinski definition) is 1. The minimum absolute atomic E-state index is 0.165. The first-order chi connectivity index (χ1) is 9.75. The Morgan fingerprint density at radius 3 is 2.70 bits per heavy atom. The van der Waals surface area contributed by atoms with Crippen molar-refractivity contribution in [1.82, 2.24) is 4.98 Å². The van der Waals surface area contributed by atoms with Crippen molar-refractivity contribution < 1.29 is 9.18 Å². The summed E-state index contributed by atoms with van der Waals surface area (Å²) in [6.45, 7) is 0. The van der Waals surface area contributed by atoms with Crippen molar-refractivity contribution in [2.24, 2.45) is 0 Å². The Hall–Kier alpha value is -2.75. The molecule has 3 rings (SSSR count). The van der Waals surface area contributed by atoms with Crippen molar-refractivity contribution in [3.63, 3.8) is 0 Å². The van der Waals surface area contributed by atoms with Gasteiger partial charge in [-0.2, -0.15) is 0 Å². The minimum atomic E-state index is -0.459. The Morgan fingerprint density at radius 2 is 1.85 bits per heavy atom. The number of pyridine rings is 1. The molecule has 0 bridgehead atoms. The van der Waals surface area contributed by atoms with Gasteiger partial charge in [-0.15, -0.1) is 0 Å². The number of halogens is 1. The molecule has 1 amide bonds. The predicted molar refractivity (Wildman–Crippen MR) is 76.1 cm³/mol. The highest BCUT2D eigenvalue weighted by molar-refractivity contribution is 6.12. The average molecular weight is 266 g/mol. The fourth-order valence-electron chi connectivity index (χ4n) is 2.05. The third-order valence-corrected chi connectivity index (χ3v) is 3.01. The number of nitrogens with zero attached hydrogens (tertiary/aromatic N) is 1. The average Bonchev–Trinajstić information content (AvgIpc) is 2.49. The molecule has 1 heterocycles. The Morgan fingerprint density at radius 1 is 1.00 bits per heavy atom. The van der Waals surface area contributed by atoms with E-state index in [0.29, 0.717) is 5.56 Å². The molecule has 0 atom stereocenters. The smallest absolute Gasteiger partial charge is 0.256 e. The van der Waals surface area contributed by atoms with Crippen LogP contribution in [0.2, 0.25) is 0 Å². The number of hydrogen-bond acceptors (Lipinski definition) is 2. The van der Waals surface area contributed by atoms with Gasteiger partial charge in [0.15, 0.2) is 0 Å². The van der Waals surface area contributed by atoms with Crippen LogP contribution in [0.5, 0.6) is 0 Å². The SMILES string of the molecule is O=C(Nc1ccccc1F)c1cccc2ncccc12. The van der Waals surface area contributed by atoms with E-state index in [-0.39, 0.29) is 11.6 Å². The minimum Gasteiger partial charge on any atom is -0.319 e. The summed E-state index contributed by atoms with van der Waals surface area (Å²) in [5.41, 5.74) is 1.37. The third kappa shape index (κ3) is 2.23. The van der Waals surface area contributed by atoms with Crippen molar-refractivity contribution in [2.75, 3.05) is 5.32 Å². The normalized spacial score (nSPS) is 10.4. The Balaban J connectivity index is 1.99. The van der Waals surface area contributed by atoms with Crippen LogP contribution in [0.4, 0.5) is 10.1 Å². The van der Waals surface area contributed by atoms with Crippen LogP contribution in [0.3, 0.4) is 0 Å². The lowest BCUT2D eigenvalue weighted by atomic mass is 10.1. The van der Waals surface area contributed by atoms with Gasteiger partial charge in [-0.1, -0.05) is 24.3 Å². The second kappa shape index (κ2) is 5.09. The first-order valence-electron chi connectivity index (χ1n) is 6.15. The molecule has 0 aliphatic heterocycles. The number of nitrogens with one attached hydrogen (secondary N) is 1. The highest BCUT2D eigenvalue weighted by atomic mass is 19.1. The number of fused-ring (bicyclic) bond motifs is 1. The molecule has 0 aliphatic rings. The van der Waals surface area contributed by atoms with E-state index >= 15 is 0 Å². The van der Waals surface area contributed by atoms with E-state index in [2.05, 4.69) is 10.3 Å². The Labute approximate surface area is 115 Å². The fraction of sp³-hybridized carbons (Fsp3) is 0. The zero-order valence-electron chi connectivity index (χ0n) is 10.5. The molecular formula is C16H11FN2O. The number of benzene rings is 2. The molecule has 98 valence electrons. The molecule has 0 saturated carbocycles. The van der Waals surface area contributed by atoms with E-state index in [9.17, 15) is 9.18 Å². The van der Waals surface area contributed by atoms with Gasteiger partial charge in [-0.05, 0) is 30.3 Å². The summed E-state index contributed by atoms with van der Waals surface area (Å²) in [7, 11) is 0. The molecule has 2 aromatic carbocycles. The van der Waals surface area contributed by atoms with E-state index in [1.807, 2.05) is 12.1 Å². The molecule has 0 aliphatic carbocycles. The largest absolute Gasteiger partial charge is 0.319 e.